The van der Waals surface area contributed by atoms with E-state index in [1.165, 1.54) is 0 Å². The summed E-state index contributed by atoms with van der Waals surface area (Å²) in [6.07, 6.45) is 5.69. The molecule has 0 N–H and O–H groups in total. The maximum atomic E-state index is 13.0. The highest BCUT2D eigenvalue weighted by Crippen LogP contribution is 2.30. The third kappa shape index (κ3) is 4.53. The van der Waals surface area contributed by atoms with E-state index in [1.807, 2.05) is 71.6 Å². The van der Waals surface area contributed by atoms with Crippen molar-refractivity contribution in [2.24, 2.45) is 0 Å². The zero-order chi connectivity index (χ0) is 18.5. The Morgan fingerprint density at radius 1 is 0.926 bits per heavy atom. The van der Waals surface area contributed by atoms with E-state index in [9.17, 15) is 4.79 Å². The SMILES string of the molecule is O=C(c1ccc(OCc2ccccc2)cc1)N(Cc1ccncc1)C1CC1. The first-order valence-electron chi connectivity index (χ1n) is 9.26. The Hall–Kier alpha value is -3.14. The predicted molar refractivity (Wildman–Crippen MR) is 104 cm³/mol. The average Bonchev–Trinajstić information content (AvgIpc) is 3.57. The minimum Gasteiger partial charge on any atom is -0.489 e. The molecule has 0 saturated heterocycles. The minimum atomic E-state index is 0.0731. The van der Waals surface area contributed by atoms with E-state index < -0.39 is 0 Å². The van der Waals surface area contributed by atoms with Crippen molar-refractivity contribution < 1.29 is 9.53 Å². The summed E-state index contributed by atoms with van der Waals surface area (Å²) in [5, 5.41) is 0. The van der Waals surface area contributed by atoms with Crippen molar-refractivity contribution in [3.05, 3.63) is 95.8 Å². The van der Waals surface area contributed by atoms with Gasteiger partial charge in [0.1, 0.15) is 12.4 Å². The number of ether oxygens (including phenoxy) is 1. The minimum absolute atomic E-state index is 0.0731. The van der Waals surface area contributed by atoms with E-state index in [2.05, 4.69) is 4.98 Å². The molecule has 1 saturated carbocycles. The molecule has 0 spiro atoms. The average molecular weight is 358 g/mol. The maximum Gasteiger partial charge on any atom is 0.254 e. The van der Waals surface area contributed by atoms with Gasteiger partial charge in [-0.15, -0.1) is 0 Å². The van der Waals surface area contributed by atoms with Crippen LogP contribution in [0.3, 0.4) is 0 Å². The van der Waals surface area contributed by atoms with Crippen LogP contribution in [0.1, 0.15) is 34.3 Å². The number of nitrogens with zero attached hydrogens (tertiary/aromatic N) is 2. The monoisotopic (exact) mass is 358 g/mol. The summed E-state index contributed by atoms with van der Waals surface area (Å²) >= 11 is 0. The molecular weight excluding hydrogens is 336 g/mol. The summed E-state index contributed by atoms with van der Waals surface area (Å²) in [7, 11) is 0. The second kappa shape index (κ2) is 8.04. The fraction of sp³-hybridized carbons (Fsp3) is 0.217. The molecule has 1 heterocycles. The molecule has 1 amide bonds. The summed E-state index contributed by atoms with van der Waals surface area (Å²) in [6.45, 7) is 1.14. The van der Waals surface area contributed by atoms with E-state index in [0.717, 1.165) is 29.7 Å². The van der Waals surface area contributed by atoms with Crippen LogP contribution < -0.4 is 4.74 Å². The molecule has 0 aliphatic heterocycles. The molecule has 1 fully saturated rings. The largest absolute Gasteiger partial charge is 0.489 e. The number of rotatable bonds is 7. The van der Waals surface area contributed by atoms with Crippen molar-refractivity contribution >= 4 is 5.91 Å². The van der Waals surface area contributed by atoms with Crippen LogP contribution in [0.25, 0.3) is 0 Å². The third-order valence-corrected chi connectivity index (χ3v) is 4.70. The van der Waals surface area contributed by atoms with E-state index in [0.29, 0.717) is 24.8 Å². The van der Waals surface area contributed by atoms with Crippen molar-refractivity contribution in [3.63, 3.8) is 0 Å². The molecule has 0 atom stereocenters. The predicted octanol–water partition coefficient (Wildman–Crippen LogP) is 4.47. The molecule has 136 valence electrons. The highest BCUT2D eigenvalue weighted by atomic mass is 16.5. The summed E-state index contributed by atoms with van der Waals surface area (Å²) in [4.78, 5) is 19.0. The first-order chi connectivity index (χ1) is 13.3. The fourth-order valence-electron chi connectivity index (χ4n) is 3.04. The Labute approximate surface area is 159 Å². The Balaban J connectivity index is 1.41. The molecule has 4 rings (SSSR count). The Bertz CT molecular complexity index is 875. The molecule has 0 radical (unpaired) electrons. The van der Waals surface area contributed by atoms with Crippen LogP contribution in [0.15, 0.2) is 79.1 Å². The molecule has 1 aliphatic carbocycles. The number of amides is 1. The zero-order valence-electron chi connectivity index (χ0n) is 15.1. The number of aromatic nitrogens is 1. The number of carbonyl (C=O) groups is 1. The van der Waals surface area contributed by atoms with Crippen molar-refractivity contribution in [1.82, 2.24) is 9.88 Å². The van der Waals surface area contributed by atoms with Crippen LogP contribution >= 0.6 is 0 Å². The van der Waals surface area contributed by atoms with E-state index >= 15 is 0 Å². The number of benzene rings is 2. The van der Waals surface area contributed by atoms with Gasteiger partial charge in [0.2, 0.25) is 0 Å². The molecule has 4 heteroatoms. The third-order valence-electron chi connectivity index (χ3n) is 4.70. The molecule has 3 aromatic rings. The fourth-order valence-corrected chi connectivity index (χ4v) is 3.04. The normalized spacial score (nSPS) is 13.2. The molecule has 2 aromatic carbocycles. The smallest absolute Gasteiger partial charge is 0.254 e. The molecule has 27 heavy (non-hydrogen) atoms. The lowest BCUT2D eigenvalue weighted by Crippen LogP contribution is -2.32. The van der Waals surface area contributed by atoms with Crippen molar-refractivity contribution in [1.29, 1.82) is 0 Å². The summed E-state index contributed by atoms with van der Waals surface area (Å²) in [5.41, 5.74) is 2.92. The van der Waals surface area contributed by atoms with Gasteiger partial charge in [-0.2, -0.15) is 0 Å². The highest BCUT2D eigenvalue weighted by Gasteiger charge is 2.33. The molecule has 0 unspecified atom stereocenters. The molecular formula is C23H22N2O2. The van der Waals surface area contributed by atoms with Crippen molar-refractivity contribution in [2.45, 2.75) is 32.0 Å². The van der Waals surface area contributed by atoms with Gasteiger partial charge in [-0.05, 0) is 60.4 Å². The van der Waals surface area contributed by atoms with Gasteiger partial charge in [0.05, 0.1) is 0 Å². The second-order valence-electron chi connectivity index (χ2n) is 6.82. The van der Waals surface area contributed by atoms with Gasteiger partial charge in [-0.25, -0.2) is 0 Å². The molecule has 1 aromatic heterocycles. The van der Waals surface area contributed by atoms with E-state index in [1.54, 1.807) is 12.4 Å². The first kappa shape index (κ1) is 17.3. The van der Waals surface area contributed by atoms with Crippen LogP contribution in [0.5, 0.6) is 5.75 Å². The number of pyridine rings is 1. The lowest BCUT2D eigenvalue weighted by Gasteiger charge is -2.22. The topological polar surface area (TPSA) is 42.4 Å². The summed E-state index contributed by atoms with van der Waals surface area (Å²) in [5.74, 6) is 0.839. The number of carbonyl (C=O) groups excluding carboxylic acids is 1. The van der Waals surface area contributed by atoms with E-state index in [4.69, 9.17) is 4.74 Å². The first-order valence-corrected chi connectivity index (χ1v) is 9.26. The quantitative estimate of drug-likeness (QED) is 0.626. The summed E-state index contributed by atoms with van der Waals surface area (Å²) in [6, 6.07) is 21.8. The maximum absolute atomic E-state index is 13.0. The number of hydrogen-bond donors (Lipinski definition) is 0. The molecule has 0 bridgehead atoms. The lowest BCUT2D eigenvalue weighted by molar-refractivity contribution is 0.0730. The number of hydrogen-bond acceptors (Lipinski definition) is 3. The summed E-state index contributed by atoms with van der Waals surface area (Å²) < 4.78 is 5.81. The lowest BCUT2D eigenvalue weighted by atomic mass is 10.1. The Kier molecular flexibility index (Phi) is 5.15. The van der Waals surface area contributed by atoms with Crippen molar-refractivity contribution in [3.8, 4) is 5.75 Å². The van der Waals surface area contributed by atoms with Gasteiger partial charge in [-0.3, -0.25) is 9.78 Å². The van der Waals surface area contributed by atoms with Crippen LogP contribution in [0.2, 0.25) is 0 Å². The van der Waals surface area contributed by atoms with Crippen LogP contribution in [-0.4, -0.2) is 21.8 Å². The van der Waals surface area contributed by atoms with Crippen LogP contribution in [-0.2, 0) is 13.2 Å². The van der Waals surface area contributed by atoms with Gasteiger partial charge >= 0.3 is 0 Å². The van der Waals surface area contributed by atoms with Crippen molar-refractivity contribution in [2.75, 3.05) is 0 Å². The Morgan fingerprint density at radius 3 is 2.30 bits per heavy atom. The molecule has 4 nitrogen and oxygen atoms in total. The van der Waals surface area contributed by atoms with Gasteiger partial charge in [-0.1, -0.05) is 30.3 Å². The van der Waals surface area contributed by atoms with Crippen LogP contribution in [0.4, 0.5) is 0 Å². The van der Waals surface area contributed by atoms with Gasteiger partial charge in [0.15, 0.2) is 0 Å². The van der Waals surface area contributed by atoms with E-state index in [-0.39, 0.29) is 5.91 Å². The van der Waals surface area contributed by atoms with Gasteiger partial charge in [0.25, 0.3) is 5.91 Å². The van der Waals surface area contributed by atoms with Crippen LogP contribution in [0, 0.1) is 0 Å². The Morgan fingerprint density at radius 2 is 1.63 bits per heavy atom. The highest BCUT2D eigenvalue weighted by molar-refractivity contribution is 5.94. The second-order valence-corrected chi connectivity index (χ2v) is 6.82. The molecule has 1 aliphatic rings. The van der Waals surface area contributed by atoms with Gasteiger partial charge in [0, 0.05) is 30.5 Å². The van der Waals surface area contributed by atoms with Gasteiger partial charge < -0.3 is 9.64 Å². The zero-order valence-corrected chi connectivity index (χ0v) is 15.1. The standard InChI is InChI=1S/C23H22N2O2/c26-23(25(21-8-9-21)16-18-12-14-24-15-13-18)20-6-10-22(11-7-20)27-17-19-4-2-1-3-5-19/h1-7,10-15,21H,8-9,16-17H2.